The van der Waals surface area contributed by atoms with Crippen molar-refractivity contribution in [2.75, 3.05) is 6.61 Å². The first-order valence-electron chi connectivity index (χ1n) is 7.76. The molecule has 3 unspecified atom stereocenters. The minimum absolute atomic E-state index is 0.582. The second-order valence-corrected chi connectivity index (χ2v) is 6.88. The van der Waals surface area contributed by atoms with E-state index in [1.807, 2.05) is 0 Å². The van der Waals surface area contributed by atoms with E-state index in [-0.39, 0.29) is 0 Å². The molecule has 1 nitrogen and oxygen atoms in total. The Morgan fingerprint density at radius 2 is 2.06 bits per heavy atom. The van der Waals surface area contributed by atoms with Crippen molar-refractivity contribution in [2.45, 2.75) is 78.2 Å². The van der Waals surface area contributed by atoms with E-state index >= 15 is 0 Å². The van der Waals surface area contributed by atoms with E-state index < -0.39 is 0 Å². The van der Waals surface area contributed by atoms with Crippen molar-refractivity contribution in [1.29, 1.82) is 0 Å². The molecule has 2 aliphatic rings. The summed E-state index contributed by atoms with van der Waals surface area (Å²) in [5.74, 6) is 1.68. The maximum absolute atomic E-state index is 5.99. The fourth-order valence-corrected chi connectivity index (χ4v) is 3.88. The summed E-state index contributed by atoms with van der Waals surface area (Å²) in [5.41, 5.74) is 0.582. The molecule has 1 aliphatic carbocycles. The zero-order valence-electron chi connectivity index (χ0n) is 12.0. The minimum Gasteiger partial charge on any atom is -0.378 e. The maximum Gasteiger partial charge on any atom is 0.0612 e. The lowest BCUT2D eigenvalue weighted by Crippen LogP contribution is -2.34. The first-order valence-corrected chi connectivity index (χ1v) is 7.76. The fourth-order valence-electron chi connectivity index (χ4n) is 3.88. The lowest BCUT2D eigenvalue weighted by atomic mass is 9.66. The van der Waals surface area contributed by atoms with Crippen molar-refractivity contribution in [3.63, 3.8) is 0 Å². The van der Waals surface area contributed by atoms with Crippen LogP contribution in [0.5, 0.6) is 0 Å². The highest BCUT2D eigenvalue weighted by molar-refractivity contribution is 4.93. The zero-order valence-corrected chi connectivity index (χ0v) is 12.0. The molecule has 17 heavy (non-hydrogen) atoms. The van der Waals surface area contributed by atoms with Crippen molar-refractivity contribution >= 4 is 0 Å². The summed E-state index contributed by atoms with van der Waals surface area (Å²) in [6.45, 7) is 8.18. The molecule has 0 bridgehead atoms. The van der Waals surface area contributed by atoms with Gasteiger partial charge < -0.3 is 4.74 Å². The zero-order chi connectivity index (χ0) is 12.3. The lowest BCUT2D eigenvalue weighted by molar-refractivity contribution is 0.00934. The lowest BCUT2D eigenvalue weighted by Gasteiger charge is -2.40. The summed E-state index contributed by atoms with van der Waals surface area (Å²) < 4.78 is 5.99. The molecule has 0 aromatic carbocycles. The van der Waals surface area contributed by atoms with Crippen molar-refractivity contribution in [3.8, 4) is 0 Å². The van der Waals surface area contributed by atoms with E-state index in [2.05, 4.69) is 20.8 Å². The second-order valence-electron chi connectivity index (χ2n) is 6.88. The molecular weight excluding hydrogens is 208 g/mol. The first-order chi connectivity index (χ1) is 8.14. The molecule has 2 rings (SSSR count). The molecule has 0 aromatic heterocycles. The number of fused-ring (bicyclic) bond motifs is 1. The van der Waals surface area contributed by atoms with Crippen LogP contribution in [0, 0.1) is 17.3 Å². The molecule has 0 aromatic rings. The van der Waals surface area contributed by atoms with E-state index in [0.29, 0.717) is 11.5 Å². The van der Waals surface area contributed by atoms with Gasteiger partial charge in [-0.15, -0.1) is 0 Å². The Morgan fingerprint density at radius 3 is 2.82 bits per heavy atom. The number of rotatable bonds is 5. The van der Waals surface area contributed by atoms with Gasteiger partial charge in [-0.25, -0.2) is 0 Å². The Balaban J connectivity index is 1.78. The Hall–Kier alpha value is -0.0400. The molecule has 0 N–H and O–H groups in total. The van der Waals surface area contributed by atoms with Gasteiger partial charge in [-0.3, -0.25) is 0 Å². The first kappa shape index (κ1) is 13.4. The summed E-state index contributed by atoms with van der Waals surface area (Å²) in [5, 5.41) is 0. The third-order valence-corrected chi connectivity index (χ3v) is 5.19. The van der Waals surface area contributed by atoms with Crippen molar-refractivity contribution in [3.05, 3.63) is 0 Å². The largest absolute Gasteiger partial charge is 0.378 e. The van der Waals surface area contributed by atoms with Crippen LogP contribution in [0.3, 0.4) is 0 Å². The highest BCUT2D eigenvalue weighted by atomic mass is 16.5. The van der Waals surface area contributed by atoms with Crippen LogP contribution in [0.2, 0.25) is 0 Å². The van der Waals surface area contributed by atoms with Crippen LogP contribution in [0.15, 0.2) is 0 Å². The van der Waals surface area contributed by atoms with Crippen molar-refractivity contribution in [1.82, 2.24) is 0 Å². The maximum atomic E-state index is 5.99. The average molecular weight is 238 g/mol. The molecular formula is C16H30O. The molecule has 0 radical (unpaired) electrons. The Labute approximate surface area is 107 Å². The van der Waals surface area contributed by atoms with Gasteiger partial charge in [-0.1, -0.05) is 46.5 Å². The summed E-state index contributed by atoms with van der Waals surface area (Å²) >= 11 is 0. The van der Waals surface area contributed by atoms with E-state index in [4.69, 9.17) is 4.74 Å². The van der Waals surface area contributed by atoms with Crippen LogP contribution < -0.4 is 0 Å². The number of hydrogen-bond acceptors (Lipinski definition) is 1. The van der Waals surface area contributed by atoms with E-state index in [1.165, 1.54) is 51.4 Å². The Morgan fingerprint density at radius 1 is 1.24 bits per heavy atom. The topological polar surface area (TPSA) is 9.23 Å². The molecule has 0 amide bonds. The molecule has 2 fully saturated rings. The van der Waals surface area contributed by atoms with E-state index in [1.54, 1.807) is 0 Å². The molecule has 0 spiro atoms. The standard InChI is InChI=1S/C16H30O/c1-4-5-6-7-9-16(3)10-8-14-13(2)12-17-15(14)11-16/h13-15H,4-12H2,1-3H3/t13?,14-,15?,16?/m0/s1. The molecule has 1 saturated heterocycles. The molecule has 1 aliphatic heterocycles. The summed E-state index contributed by atoms with van der Waals surface area (Å²) in [4.78, 5) is 0. The third-order valence-electron chi connectivity index (χ3n) is 5.19. The molecule has 1 saturated carbocycles. The van der Waals surface area contributed by atoms with E-state index in [0.717, 1.165) is 18.4 Å². The number of hydrogen-bond donors (Lipinski definition) is 0. The van der Waals surface area contributed by atoms with Gasteiger partial charge in [0.2, 0.25) is 0 Å². The SMILES string of the molecule is CCCCCCC1(C)CC[C@H]2C(C)COC2C1. The Kier molecular flexibility index (Phi) is 4.52. The quantitative estimate of drug-likeness (QED) is 0.625. The van der Waals surface area contributed by atoms with Crippen LogP contribution in [-0.4, -0.2) is 12.7 Å². The average Bonchev–Trinajstić information content (AvgIpc) is 2.66. The smallest absolute Gasteiger partial charge is 0.0612 e. The van der Waals surface area contributed by atoms with Crippen LogP contribution in [0.4, 0.5) is 0 Å². The third kappa shape index (κ3) is 3.24. The molecule has 1 heteroatoms. The number of ether oxygens (including phenoxy) is 1. The van der Waals surface area contributed by atoms with E-state index in [9.17, 15) is 0 Å². The second kappa shape index (κ2) is 5.73. The van der Waals surface area contributed by atoms with Gasteiger partial charge in [0.25, 0.3) is 0 Å². The van der Waals surface area contributed by atoms with Crippen molar-refractivity contribution in [2.24, 2.45) is 17.3 Å². The Bertz CT molecular complexity index is 238. The van der Waals surface area contributed by atoms with Crippen LogP contribution in [-0.2, 0) is 4.74 Å². The predicted molar refractivity (Wildman–Crippen MR) is 73.1 cm³/mol. The van der Waals surface area contributed by atoms with Crippen LogP contribution in [0.1, 0.15) is 72.1 Å². The molecule has 1 heterocycles. The normalized spacial score (nSPS) is 41.5. The molecule has 100 valence electrons. The van der Waals surface area contributed by atoms with Gasteiger partial charge in [0.1, 0.15) is 0 Å². The fraction of sp³-hybridized carbons (Fsp3) is 1.00. The van der Waals surface area contributed by atoms with Gasteiger partial charge in [0.15, 0.2) is 0 Å². The van der Waals surface area contributed by atoms with Gasteiger partial charge in [0, 0.05) is 6.61 Å². The summed E-state index contributed by atoms with van der Waals surface area (Å²) in [6.07, 6.45) is 11.8. The number of unbranched alkanes of at least 4 members (excludes halogenated alkanes) is 3. The summed E-state index contributed by atoms with van der Waals surface area (Å²) in [7, 11) is 0. The molecule has 4 atom stereocenters. The highest BCUT2D eigenvalue weighted by Crippen LogP contribution is 2.48. The minimum atomic E-state index is 0.582. The van der Waals surface area contributed by atoms with Gasteiger partial charge >= 0.3 is 0 Å². The van der Waals surface area contributed by atoms with Crippen LogP contribution in [0.25, 0.3) is 0 Å². The highest BCUT2D eigenvalue weighted by Gasteiger charge is 2.43. The van der Waals surface area contributed by atoms with Gasteiger partial charge in [-0.05, 0) is 42.9 Å². The summed E-state index contributed by atoms with van der Waals surface area (Å²) in [6, 6.07) is 0. The monoisotopic (exact) mass is 238 g/mol. The van der Waals surface area contributed by atoms with Crippen molar-refractivity contribution < 1.29 is 4.74 Å². The predicted octanol–water partition coefficient (Wildman–Crippen LogP) is 4.80. The van der Waals surface area contributed by atoms with Crippen LogP contribution >= 0.6 is 0 Å². The van der Waals surface area contributed by atoms with Gasteiger partial charge in [0.05, 0.1) is 6.10 Å². The van der Waals surface area contributed by atoms with Gasteiger partial charge in [-0.2, -0.15) is 0 Å².